The number of amides is 1. The Hall–Kier alpha value is -2.60. The van der Waals surface area contributed by atoms with Crippen LogP contribution >= 0.6 is 0 Å². The number of carbonyl (C=O) groups is 1. The van der Waals surface area contributed by atoms with Crippen molar-refractivity contribution in [2.24, 2.45) is 0 Å². The molecule has 1 aliphatic heterocycles. The molecule has 2 aromatic rings. The lowest BCUT2D eigenvalue weighted by Crippen LogP contribution is -2.30. The molecule has 0 radical (unpaired) electrons. The summed E-state index contributed by atoms with van der Waals surface area (Å²) in [6.45, 7) is 6.51. The number of hydrogen-bond donors (Lipinski definition) is 3. The number of aromatic nitrogens is 2. The Balaban J connectivity index is 1.70. The van der Waals surface area contributed by atoms with Crippen LogP contribution in [0.1, 0.15) is 42.2 Å². The number of hydrogen-bond acceptors (Lipinski definition) is 4. The summed E-state index contributed by atoms with van der Waals surface area (Å²) in [5.41, 5.74) is 3.27. The van der Waals surface area contributed by atoms with Gasteiger partial charge < -0.3 is 15.7 Å². The van der Waals surface area contributed by atoms with Crippen LogP contribution in [0.2, 0.25) is 0 Å². The first-order valence-corrected chi connectivity index (χ1v) is 8.60. The summed E-state index contributed by atoms with van der Waals surface area (Å²) < 4.78 is 1.53. The number of aromatic hydroxyl groups is 1. The molecule has 132 valence electrons. The maximum Gasteiger partial charge on any atom is 0.275 e. The average molecular weight is 340 g/mol. The third-order valence-electron chi connectivity index (χ3n) is 4.37. The van der Waals surface area contributed by atoms with E-state index in [1.807, 2.05) is 24.3 Å². The fourth-order valence-electron chi connectivity index (χ4n) is 2.78. The molecule has 3 rings (SSSR count). The molecule has 0 atom stereocenters. The van der Waals surface area contributed by atoms with Crippen molar-refractivity contribution in [1.82, 2.24) is 20.4 Å². The van der Waals surface area contributed by atoms with Gasteiger partial charge in [-0.05, 0) is 36.6 Å². The number of nitrogens with zero attached hydrogens (tertiary/aromatic N) is 2. The maximum atomic E-state index is 12.3. The summed E-state index contributed by atoms with van der Waals surface area (Å²) in [6, 6.07) is 7.93. The quantitative estimate of drug-likeness (QED) is 0.730. The van der Waals surface area contributed by atoms with E-state index in [4.69, 9.17) is 0 Å². The fourth-order valence-corrected chi connectivity index (χ4v) is 2.78. The van der Waals surface area contributed by atoms with Crippen LogP contribution in [-0.2, 0) is 0 Å². The molecule has 0 fully saturated rings. The molecule has 6 heteroatoms. The molecule has 0 spiro atoms. The van der Waals surface area contributed by atoms with Crippen molar-refractivity contribution in [3.8, 4) is 11.4 Å². The van der Waals surface area contributed by atoms with Crippen molar-refractivity contribution >= 4 is 5.91 Å². The highest BCUT2D eigenvalue weighted by Crippen LogP contribution is 2.20. The smallest absolute Gasteiger partial charge is 0.275 e. The highest BCUT2D eigenvalue weighted by molar-refractivity contribution is 5.94. The van der Waals surface area contributed by atoms with Gasteiger partial charge in [0.25, 0.3) is 5.91 Å². The topological polar surface area (TPSA) is 79.2 Å². The van der Waals surface area contributed by atoms with E-state index < -0.39 is 0 Å². The second-order valence-corrected chi connectivity index (χ2v) is 6.55. The number of benzene rings is 1. The highest BCUT2D eigenvalue weighted by Gasteiger charge is 2.17. The molecule has 1 aromatic carbocycles. The average Bonchev–Trinajstić information content (AvgIpc) is 3.02. The summed E-state index contributed by atoms with van der Waals surface area (Å²) in [5, 5.41) is 20.4. The summed E-state index contributed by atoms with van der Waals surface area (Å²) in [6.07, 6.45) is 4.46. The lowest BCUT2D eigenvalue weighted by Gasteiger charge is -2.14. The second kappa shape index (κ2) is 7.53. The van der Waals surface area contributed by atoms with E-state index in [0.29, 0.717) is 12.5 Å². The Kier molecular flexibility index (Phi) is 5.19. The van der Waals surface area contributed by atoms with Gasteiger partial charge in [0.1, 0.15) is 0 Å². The fraction of sp³-hybridized carbons (Fsp3) is 0.368. The molecule has 0 unspecified atom stereocenters. The van der Waals surface area contributed by atoms with Crippen molar-refractivity contribution in [1.29, 1.82) is 0 Å². The summed E-state index contributed by atoms with van der Waals surface area (Å²) in [5.74, 6) is -0.0371. The zero-order valence-corrected chi connectivity index (χ0v) is 14.6. The van der Waals surface area contributed by atoms with E-state index >= 15 is 0 Å². The first-order chi connectivity index (χ1) is 12.0. The van der Waals surface area contributed by atoms with Crippen LogP contribution in [0.15, 0.2) is 42.1 Å². The zero-order chi connectivity index (χ0) is 17.8. The summed E-state index contributed by atoms with van der Waals surface area (Å²) in [7, 11) is 0. The Morgan fingerprint density at radius 2 is 2.12 bits per heavy atom. The minimum Gasteiger partial charge on any atom is -0.504 e. The molecule has 1 aliphatic rings. The summed E-state index contributed by atoms with van der Waals surface area (Å²) >= 11 is 0. The highest BCUT2D eigenvalue weighted by atomic mass is 16.3. The van der Waals surface area contributed by atoms with E-state index in [2.05, 4.69) is 35.7 Å². The predicted molar refractivity (Wildman–Crippen MR) is 97.2 cm³/mol. The molecular formula is C19H24N4O2. The lowest BCUT2D eigenvalue weighted by molar-refractivity contribution is 0.0948. The third kappa shape index (κ3) is 4.09. The monoisotopic (exact) mass is 340 g/mol. The van der Waals surface area contributed by atoms with Crippen molar-refractivity contribution in [3.63, 3.8) is 0 Å². The lowest BCUT2D eigenvalue weighted by atomic mass is 10.0. The molecule has 2 heterocycles. The van der Waals surface area contributed by atoms with Crippen molar-refractivity contribution in [2.75, 3.05) is 19.6 Å². The van der Waals surface area contributed by atoms with Gasteiger partial charge in [-0.15, -0.1) is 0 Å². The van der Waals surface area contributed by atoms with Gasteiger partial charge in [-0.2, -0.15) is 5.10 Å². The molecule has 0 saturated carbocycles. The minimum absolute atomic E-state index is 0.0440. The molecular weight excluding hydrogens is 316 g/mol. The van der Waals surface area contributed by atoms with Crippen molar-refractivity contribution < 1.29 is 9.90 Å². The molecule has 0 aliphatic carbocycles. The largest absolute Gasteiger partial charge is 0.504 e. The van der Waals surface area contributed by atoms with Crippen LogP contribution in [0.25, 0.3) is 5.69 Å². The minimum atomic E-state index is -0.366. The van der Waals surface area contributed by atoms with E-state index in [1.165, 1.54) is 22.0 Å². The Morgan fingerprint density at radius 3 is 2.76 bits per heavy atom. The Labute approximate surface area is 147 Å². The van der Waals surface area contributed by atoms with Crippen molar-refractivity contribution in [2.45, 2.75) is 26.2 Å². The van der Waals surface area contributed by atoms with Gasteiger partial charge in [0, 0.05) is 13.1 Å². The van der Waals surface area contributed by atoms with Gasteiger partial charge >= 0.3 is 0 Å². The van der Waals surface area contributed by atoms with Gasteiger partial charge in [-0.3, -0.25) is 4.79 Å². The Bertz CT molecular complexity index is 775. The van der Waals surface area contributed by atoms with Crippen LogP contribution < -0.4 is 10.6 Å². The molecule has 3 N–H and O–H groups in total. The summed E-state index contributed by atoms with van der Waals surface area (Å²) in [4.78, 5) is 12.3. The van der Waals surface area contributed by atoms with Crippen molar-refractivity contribution in [3.05, 3.63) is 53.4 Å². The molecule has 1 aromatic heterocycles. The Morgan fingerprint density at radius 1 is 1.36 bits per heavy atom. The van der Waals surface area contributed by atoms with E-state index in [0.717, 1.165) is 25.2 Å². The van der Waals surface area contributed by atoms with Crippen LogP contribution in [0, 0.1) is 0 Å². The van der Waals surface area contributed by atoms with Crippen LogP contribution in [-0.4, -0.2) is 40.4 Å². The van der Waals surface area contributed by atoms with Gasteiger partial charge in [0.2, 0.25) is 0 Å². The van der Waals surface area contributed by atoms with E-state index in [9.17, 15) is 9.90 Å². The standard InChI is InChI=1S/C19H24N4O2/c1-13(2)15-3-5-16(6-4-15)23-12-17(24)18(22-23)19(25)21-11-14-7-9-20-10-8-14/h3-7,12-13,20,24H,8-11H2,1-2H3,(H,21,25). The maximum absolute atomic E-state index is 12.3. The van der Waals surface area contributed by atoms with Gasteiger partial charge in [0.15, 0.2) is 11.4 Å². The molecule has 6 nitrogen and oxygen atoms in total. The first kappa shape index (κ1) is 17.2. The molecule has 0 saturated heterocycles. The van der Waals surface area contributed by atoms with Crippen LogP contribution in [0.5, 0.6) is 5.75 Å². The van der Waals surface area contributed by atoms with E-state index in [-0.39, 0.29) is 17.4 Å². The van der Waals surface area contributed by atoms with Crippen LogP contribution in [0.4, 0.5) is 0 Å². The second-order valence-electron chi connectivity index (χ2n) is 6.55. The third-order valence-corrected chi connectivity index (χ3v) is 4.37. The number of nitrogens with one attached hydrogen (secondary N) is 2. The SMILES string of the molecule is CC(C)c1ccc(-n2cc(O)c(C(=O)NCC3=CCNCC3)n2)cc1. The number of carbonyl (C=O) groups excluding carboxylic acids is 1. The molecule has 0 bridgehead atoms. The van der Waals surface area contributed by atoms with E-state index in [1.54, 1.807) is 0 Å². The van der Waals surface area contributed by atoms with Gasteiger partial charge in [-0.1, -0.05) is 37.6 Å². The number of rotatable bonds is 5. The van der Waals surface area contributed by atoms with Gasteiger partial charge in [0.05, 0.1) is 11.9 Å². The first-order valence-electron chi connectivity index (χ1n) is 8.60. The predicted octanol–water partition coefficient (Wildman–Crippen LogP) is 2.35. The normalized spacial score (nSPS) is 14.4. The molecule has 25 heavy (non-hydrogen) atoms. The molecule has 1 amide bonds. The zero-order valence-electron chi connectivity index (χ0n) is 14.6. The van der Waals surface area contributed by atoms with Crippen LogP contribution in [0.3, 0.4) is 0 Å². The van der Waals surface area contributed by atoms with Gasteiger partial charge in [-0.25, -0.2) is 4.68 Å².